The third-order valence-electron chi connectivity index (χ3n) is 8.26. The average Bonchev–Trinajstić information content (AvgIpc) is 3.42. The minimum absolute atomic E-state index is 0.0553. The summed E-state index contributed by atoms with van der Waals surface area (Å²) in [6.45, 7) is 0. The van der Waals surface area contributed by atoms with E-state index in [2.05, 4.69) is 54.6 Å². The van der Waals surface area contributed by atoms with E-state index in [0.29, 0.717) is 22.3 Å². The molecule has 0 saturated carbocycles. The van der Waals surface area contributed by atoms with Crippen molar-refractivity contribution in [3.05, 3.63) is 145 Å². The molecule has 190 valence electrons. The van der Waals surface area contributed by atoms with Gasteiger partial charge in [-0.25, -0.2) is 0 Å². The highest BCUT2D eigenvalue weighted by Gasteiger charge is 2.12. The van der Waals surface area contributed by atoms with E-state index in [4.69, 9.17) is 9.90 Å². The van der Waals surface area contributed by atoms with Crippen LogP contribution in [0, 0.1) is 0 Å². The molecule has 0 aliphatic carbocycles. The summed E-state index contributed by atoms with van der Waals surface area (Å²) in [7, 11) is 0. The highest BCUT2D eigenvalue weighted by Crippen LogP contribution is 2.37. The molecule has 0 fully saturated rings. The normalized spacial score (nSPS) is 13.3. The van der Waals surface area contributed by atoms with Crippen LogP contribution in [0.2, 0.25) is 0 Å². The second kappa shape index (κ2) is 8.55. The molecule has 41 heavy (non-hydrogen) atoms. The van der Waals surface area contributed by atoms with Crippen LogP contribution in [-0.4, -0.2) is 0 Å². The Hall–Kier alpha value is -5.40. The standard InChI is InChI=1S/C40H24O/c1-2-7-28-21-36-32(20-27(28)6-1)16-18-35-33(10-5-11-34(35)36)26-14-12-25(13-15-26)31-17-19-39-37(23-31)38-22-29-8-3-4-9-30(29)24-40(38)41-39/h1-24H/i12D,13D,14D,15D. The van der Waals surface area contributed by atoms with Gasteiger partial charge in [0, 0.05) is 10.8 Å². The Kier molecular flexibility index (Phi) is 3.92. The minimum Gasteiger partial charge on any atom is -0.456 e. The Balaban J connectivity index is 1.25. The van der Waals surface area contributed by atoms with E-state index >= 15 is 0 Å². The summed E-state index contributed by atoms with van der Waals surface area (Å²) < 4.78 is 42.7. The molecule has 0 unspecified atom stereocenters. The predicted molar refractivity (Wildman–Crippen MR) is 175 cm³/mol. The summed E-state index contributed by atoms with van der Waals surface area (Å²) >= 11 is 0. The monoisotopic (exact) mass is 524 g/mol. The number of rotatable bonds is 2. The summed E-state index contributed by atoms with van der Waals surface area (Å²) in [4.78, 5) is 0. The smallest absolute Gasteiger partial charge is 0.136 e. The zero-order valence-electron chi connectivity index (χ0n) is 26.0. The van der Waals surface area contributed by atoms with Crippen LogP contribution in [0.25, 0.3) is 87.3 Å². The second-order valence-corrected chi connectivity index (χ2v) is 10.6. The van der Waals surface area contributed by atoms with Crippen LogP contribution in [0.5, 0.6) is 0 Å². The van der Waals surface area contributed by atoms with Gasteiger partial charge in [0.25, 0.3) is 0 Å². The average molecular weight is 525 g/mol. The molecule has 0 radical (unpaired) electrons. The van der Waals surface area contributed by atoms with Crippen molar-refractivity contribution in [2.45, 2.75) is 0 Å². The molecule has 1 heteroatoms. The lowest BCUT2D eigenvalue weighted by Crippen LogP contribution is -1.85. The van der Waals surface area contributed by atoms with Crippen LogP contribution >= 0.6 is 0 Å². The van der Waals surface area contributed by atoms with Crippen molar-refractivity contribution in [2.24, 2.45) is 0 Å². The predicted octanol–water partition coefficient (Wildman–Crippen LogP) is 11.5. The first-order chi connectivity index (χ1) is 22.0. The van der Waals surface area contributed by atoms with Crippen molar-refractivity contribution >= 4 is 65.0 Å². The first kappa shape index (κ1) is 18.8. The van der Waals surface area contributed by atoms with Gasteiger partial charge >= 0.3 is 0 Å². The largest absolute Gasteiger partial charge is 0.456 e. The highest BCUT2D eigenvalue weighted by molar-refractivity contribution is 6.15. The van der Waals surface area contributed by atoms with Crippen molar-refractivity contribution < 1.29 is 9.90 Å². The van der Waals surface area contributed by atoms with E-state index < -0.39 is 0 Å². The van der Waals surface area contributed by atoms with E-state index in [1.165, 1.54) is 5.39 Å². The van der Waals surface area contributed by atoms with Gasteiger partial charge in [0.15, 0.2) is 0 Å². The van der Waals surface area contributed by atoms with Crippen LogP contribution in [0.1, 0.15) is 5.48 Å². The number of benzene rings is 8. The maximum absolute atomic E-state index is 9.15. The van der Waals surface area contributed by atoms with Crippen LogP contribution in [-0.2, 0) is 0 Å². The fraction of sp³-hybridized carbons (Fsp3) is 0. The Labute approximate surface area is 242 Å². The van der Waals surface area contributed by atoms with Gasteiger partial charge in [-0.05, 0) is 102 Å². The quantitative estimate of drug-likeness (QED) is 0.162. The third kappa shape index (κ3) is 3.49. The molecule has 0 spiro atoms. The van der Waals surface area contributed by atoms with E-state index in [-0.39, 0.29) is 29.7 Å². The lowest BCUT2D eigenvalue weighted by atomic mass is 9.92. The van der Waals surface area contributed by atoms with E-state index in [0.717, 1.165) is 54.1 Å². The van der Waals surface area contributed by atoms with Gasteiger partial charge in [0.1, 0.15) is 11.2 Å². The molecule has 0 amide bonds. The molecule has 1 aromatic heterocycles. The molecule has 0 atom stereocenters. The zero-order valence-corrected chi connectivity index (χ0v) is 22.0. The summed E-state index contributed by atoms with van der Waals surface area (Å²) in [6.07, 6.45) is 0. The van der Waals surface area contributed by atoms with Gasteiger partial charge in [-0.2, -0.15) is 0 Å². The molecular formula is C40H24O. The molecule has 9 aromatic rings. The summed E-state index contributed by atoms with van der Waals surface area (Å²) in [5.74, 6) is 0. The topological polar surface area (TPSA) is 13.1 Å². The summed E-state index contributed by atoms with van der Waals surface area (Å²) in [5.41, 5.74) is 3.38. The molecule has 8 aromatic carbocycles. The Morgan fingerprint density at radius 3 is 1.80 bits per heavy atom. The van der Waals surface area contributed by atoms with Gasteiger partial charge < -0.3 is 4.42 Å². The zero-order chi connectivity index (χ0) is 30.4. The van der Waals surface area contributed by atoms with Crippen molar-refractivity contribution in [1.82, 2.24) is 0 Å². The van der Waals surface area contributed by atoms with Gasteiger partial charge in [0.2, 0.25) is 0 Å². The number of fused-ring (bicyclic) bond motifs is 8. The maximum Gasteiger partial charge on any atom is 0.136 e. The molecule has 0 N–H and O–H groups in total. The lowest BCUT2D eigenvalue weighted by Gasteiger charge is -2.11. The van der Waals surface area contributed by atoms with Crippen molar-refractivity contribution in [3.8, 4) is 22.3 Å². The third-order valence-corrected chi connectivity index (χ3v) is 8.26. The highest BCUT2D eigenvalue weighted by atomic mass is 16.3. The Bertz CT molecular complexity index is 2680. The van der Waals surface area contributed by atoms with Crippen molar-refractivity contribution in [3.63, 3.8) is 0 Å². The number of hydrogen-bond donors (Lipinski definition) is 0. The van der Waals surface area contributed by atoms with Crippen molar-refractivity contribution in [2.75, 3.05) is 0 Å². The second-order valence-electron chi connectivity index (χ2n) is 10.6. The molecule has 9 rings (SSSR count). The molecule has 0 bridgehead atoms. The van der Waals surface area contributed by atoms with Gasteiger partial charge in [-0.1, -0.05) is 109 Å². The van der Waals surface area contributed by atoms with Crippen LogP contribution in [0.15, 0.2) is 150 Å². The number of hydrogen-bond acceptors (Lipinski definition) is 1. The molecule has 0 aliphatic rings. The van der Waals surface area contributed by atoms with Gasteiger partial charge in [-0.3, -0.25) is 0 Å². The fourth-order valence-electron chi connectivity index (χ4n) is 6.21. The van der Waals surface area contributed by atoms with Crippen LogP contribution < -0.4 is 0 Å². The Morgan fingerprint density at radius 1 is 0.366 bits per heavy atom. The maximum atomic E-state index is 9.15. The van der Waals surface area contributed by atoms with Crippen LogP contribution in [0.3, 0.4) is 0 Å². The molecule has 0 saturated heterocycles. The van der Waals surface area contributed by atoms with E-state index in [9.17, 15) is 0 Å². The van der Waals surface area contributed by atoms with Gasteiger partial charge in [-0.15, -0.1) is 0 Å². The van der Waals surface area contributed by atoms with Crippen LogP contribution in [0.4, 0.5) is 0 Å². The molecule has 1 nitrogen and oxygen atoms in total. The SMILES string of the molecule is [2H]c1c([2H])c(-c2cccc3c2ccc2cc4ccccc4cc23)c([2H])c([2H])c1-c1ccc2oc3cc4ccccc4cc3c2c1. The molecular weight excluding hydrogens is 496 g/mol. The summed E-state index contributed by atoms with van der Waals surface area (Å²) in [6, 6.07) is 40.3. The van der Waals surface area contributed by atoms with Crippen molar-refractivity contribution in [1.29, 1.82) is 0 Å². The Morgan fingerprint density at radius 2 is 1.02 bits per heavy atom. The summed E-state index contributed by atoms with van der Waals surface area (Å²) in [5, 5.41) is 10.5. The van der Waals surface area contributed by atoms with E-state index in [1.54, 1.807) is 0 Å². The molecule has 0 aliphatic heterocycles. The van der Waals surface area contributed by atoms with Gasteiger partial charge in [0.05, 0.1) is 5.48 Å². The first-order valence-corrected chi connectivity index (χ1v) is 13.8. The first-order valence-electron chi connectivity index (χ1n) is 15.8. The minimum atomic E-state index is -0.0626. The fourth-order valence-corrected chi connectivity index (χ4v) is 6.21. The molecule has 1 heterocycles. The lowest BCUT2D eigenvalue weighted by molar-refractivity contribution is 0.669. The number of furan rings is 1. The van der Waals surface area contributed by atoms with E-state index in [1.807, 2.05) is 66.7 Å².